The smallest absolute Gasteiger partial charge is 0.480 e. The second-order valence-electron chi connectivity index (χ2n) is 9.99. The summed E-state index contributed by atoms with van der Waals surface area (Å²) < 4.78 is 66.7. The number of ether oxygens (including phenoxy) is 1. The van der Waals surface area contributed by atoms with E-state index < -0.39 is 43.3 Å². The first-order valence-electron chi connectivity index (χ1n) is 12.5. The van der Waals surface area contributed by atoms with Crippen molar-refractivity contribution >= 4 is 42.7 Å². The van der Waals surface area contributed by atoms with Crippen LogP contribution in [0.2, 0.25) is 5.15 Å². The van der Waals surface area contributed by atoms with Crippen LogP contribution >= 0.6 is 11.6 Å². The summed E-state index contributed by atoms with van der Waals surface area (Å²) in [7, 11) is -2.41. The van der Waals surface area contributed by atoms with Crippen molar-refractivity contribution in [2.45, 2.75) is 51.7 Å². The fourth-order valence-electron chi connectivity index (χ4n) is 3.24. The molecular weight excluding hydrogens is 583 g/mol. The monoisotopic (exact) mass is 613 g/mol. The van der Waals surface area contributed by atoms with Crippen LogP contribution in [0.15, 0.2) is 66.7 Å². The van der Waals surface area contributed by atoms with Gasteiger partial charge in [0.2, 0.25) is 0 Å². The molecule has 0 bridgehead atoms. The van der Waals surface area contributed by atoms with E-state index in [1.807, 2.05) is 58.0 Å². The summed E-state index contributed by atoms with van der Waals surface area (Å²) in [4.78, 5) is 13.3. The maximum atomic E-state index is 12.7. The van der Waals surface area contributed by atoms with E-state index in [2.05, 4.69) is 4.98 Å². The van der Waals surface area contributed by atoms with Gasteiger partial charge in [-0.2, -0.15) is 13.2 Å². The summed E-state index contributed by atoms with van der Waals surface area (Å²) in [5.74, 6) is -1.32. The van der Waals surface area contributed by atoms with Gasteiger partial charge >= 0.3 is 26.4 Å². The number of carboxylic acids is 1. The highest BCUT2D eigenvalue weighted by Gasteiger charge is 2.52. The molecule has 0 saturated carbocycles. The number of aromatic nitrogens is 1. The molecule has 0 amide bonds. The van der Waals surface area contributed by atoms with Crippen LogP contribution in [0.3, 0.4) is 0 Å². The third-order valence-corrected chi connectivity index (χ3v) is 6.33. The average Bonchev–Trinajstić information content (AvgIpc) is 3.11. The van der Waals surface area contributed by atoms with Crippen LogP contribution in [0.25, 0.3) is 0 Å². The SMILES string of the molecule is CC1(C)OB(c2cc(Cl)nc(C(F)(F)F)c2)OC1(C)C.O=C(O)COCc1ccccc1.OB(O)c1ccc(F)cc1. The summed E-state index contributed by atoms with van der Waals surface area (Å²) in [6.45, 7) is 7.39. The van der Waals surface area contributed by atoms with Gasteiger partial charge < -0.3 is 29.2 Å². The number of benzene rings is 2. The fraction of sp³-hybridized carbons (Fsp3) is 0.333. The Morgan fingerprint density at radius 1 is 1.00 bits per heavy atom. The molecule has 1 fully saturated rings. The number of carboxylic acid groups (broad SMARTS) is 1. The summed E-state index contributed by atoms with van der Waals surface area (Å²) in [6.07, 6.45) is -4.57. The Labute approximate surface area is 246 Å². The van der Waals surface area contributed by atoms with Crippen LogP contribution in [-0.4, -0.2) is 58.2 Å². The number of rotatable bonds is 6. The van der Waals surface area contributed by atoms with Gasteiger partial charge in [-0.3, -0.25) is 0 Å². The van der Waals surface area contributed by atoms with Crippen molar-refractivity contribution in [3.63, 3.8) is 0 Å². The zero-order valence-electron chi connectivity index (χ0n) is 23.2. The third kappa shape index (κ3) is 11.0. The van der Waals surface area contributed by atoms with Gasteiger partial charge in [0, 0.05) is 0 Å². The van der Waals surface area contributed by atoms with Crippen molar-refractivity contribution in [3.05, 3.63) is 89.0 Å². The molecule has 1 aromatic heterocycles. The second-order valence-corrected chi connectivity index (χ2v) is 10.4. The van der Waals surface area contributed by atoms with E-state index in [1.54, 1.807) is 0 Å². The van der Waals surface area contributed by atoms with Gasteiger partial charge in [0.05, 0.1) is 17.8 Å². The molecule has 0 radical (unpaired) electrons. The maximum absolute atomic E-state index is 12.7. The van der Waals surface area contributed by atoms with Crippen LogP contribution in [0.4, 0.5) is 17.6 Å². The molecule has 42 heavy (non-hydrogen) atoms. The Morgan fingerprint density at radius 3 is 2.02 bits per heavy atom. The number of halogens is 5. The molecule has 3 aromatic rings. The van der Waals surface area contributed by atoms with Gasteiger partial charge in [-0.15, -0.1) is 0 Å². The first-order chi connectivity index (χ1) is 19.4. The number of nitrogens with zero attached hydrogens (tertiary/aromatic N) is 1. The van der Waals surface area contributed by atoms with Crippen molar-refractivity contribution in [1.29, 1.82) is 0 Å². The van der Waals surface area contributed by atoms with Gasteiger partial charge in [0.25, 0.3) is 0 Å². The Hall–Kier alpha value is -3.00. The lowest BCUT2D eigenvalue weighted by Gasteiger charge is -2.32. The van der Waals surface area contributed by atoms with E-state index in [4.69, 9.17) is 40.8 Å². The van der Waals surface area contributed by atoms with E-state index in [0.29, 0.717) is 12.1 Å². The molecule has 0 spiro atoms. The van der Waals surface area contributed by atoms with E-state index in [1.165, 1.54) is 30.3 Å². The normalized spacial score (nSPS) is 15.2. The minimum absolute atomic E-state index is 0.205. The predicted molar refractivity (Wildman–Crippen MR) is 150 cm³/mol. The summed E-state index contributed by atoms with van der Waals surface area (Å²) >= 11 is 5.65. The molecule has 1 saturated heterocycles. The standard InChI is InChI=1S/C12H14BClF3NO2.C9H10O3.C6H6BFO2/c1-10(2)11(3,4)20-13(19-10)7-5-8(12(15,16)17)18-9(14)6-7;10-9(11)7-12-6-8-4-2-1-3-5-8;8-6-3-1-5(2-4-6)7(9)10/h5-6H,1-4H3;1-5H,6-7H2,(H,10,11);1-4,9-10H. The number of hydrogen-bond acceptors (Lipinski definition) is 7. The van der Waals surface area contributed by atoms with Crippen molar-refractivity contribution in [1.82, 2.24) is 4.98 Å². The van der Waals surface area contributed by atoms with Crippen molar-refractivity contribution in [3.8, 4) is 0 Å². The predicted octanol–water partition coefficient (Wildman–Crippen LogP) is 3.85. The molecule has 2 heterocycles. The molecule has 0 aliphatic carbocycles. The minimum atomic E-state index is -4.57. The molecule has 1 aliphatic heterocycles. The summed E-state index contributed by atoms with van der Waals surface area (Å²) in [5.41, 5.74) is -0.844. The molecule has 15 heteroatoms. The third-order valence-electron chi connectivity index (χ3n) is 6.14. The van der Waals surface area contributed by atoms with Gasteiger partial charge in [0.15, 0.2) is 0 Å². The van der Waals surface area contributed by atoms with E-state index in [0.717, 1.165) is 11.6 Å². The molecule has 2 aromatic carbocycles. The Balaban J connectivity index is 0.000000239. The topological polar surface area (TPSA) is 118 Å². The largest absolute Gasteiger partial charge is 0.495 e. The number of hydrogen-bond donors (Lipinski definition) is 3. The number of aliphatic carboxylic acids is 1. The van der Waals surface area contributed by atoms with Crippen LogP contribution < -0.4 is 10.9 Å². The number of pyridine rings is 1. The maximum Gasteiger partial charge on any atom is 0.495 e. The lowest BCUT2D eigenvalue weighted by atomic mass is 9.79. The van der Waals surface area contributed by atoms with E-state index >= 15 is 0 Å². The molecule has 226 valence electrons. The van der Waals surface area contributed by atoms with Crippen LogP contribution in [0.5, 0.6) is 0 Å². The van der Waals surface area contributed by atoms with Gasteiger partial charge in [-0.25, -0.2) is 14.2 Å². The molecule has 0 unspecified atom stereocenters. The summed E-state index contributed by atoms with van der Waals surface area (Å²) in [6, 6.07) is 16.7. The van der Waals surface area contributed by atoms with E-state index in [9.17, 15) is 22.4 Å². The first kappa shape index (κ1) is 35.2. The molecule has 3 N–H and O–H groups in total. The zero-order valence-corrected chi connectivity index (χ0v) is 24.0. The van der Waals surface area contributed by atoms with Crippen LogP contribution in [-0.2, 0) is 31.6 Å². The highest BCUT2D eigenvalue weighted by molar-refractivity contribution is 6.62. The fourth-order valence-corrected chi connectivity index (χ4v) is 3.46. The number of carbonyl (C=O) groups is 1. The molecule has 0 atom stereocenters. The average molecular weight is 614 g/mol. The molecule has 1 aliphatic rings. The first-order valence-corrected chi connectivity index (χ1v) is 12.8. The molecular formula is C27H30B2ClF4NO7. The van der Waals surface area contributed by atoms with Gasteiger partial charge in [-0.1, -0.05) is 54.1 Å². The summed E-state index contributed by atoms with van der Waals surface area (Å²) in [5, 5.41) is 25.1. The Morgan fingerprint density at radius 2 is 1.55 bits per heavy atom. The second kappa shape index (κ2) is 14.9. The van der Waals surface area contributed by atoms with Crippen LogP contribution in [0, 0.1) is 5.82 Å². The lowest BCUT2D eigenvalue weighted by Crippen LogP contribution is -2.41. The minimum Gasteiger partial charge on any atom is -0.480 e. The Kier molecular flexibility index (Phi) is 12.5. The lowest BCUT2D eigenvalue weighted by molar-refractivity contribution is -0.143. The zero-order chi connectivity index (χ0) is 31.7. The van der Waals surface area contributed by atoms with Crippen molar-refractivity contribution < 1.29 is 51.6 Å². The highest BCUT2D eigenvalue weighted by Crippen LogP contribution is 2.37. The van der Waals surface area contributed by atoms with Crippen LogP contribution in [0.1, 0.15) is 39.0 Å². The Bertz CT molecular complexity index is 1280. The molecule has 8 nitrogen and oxygen atoms in total. The van der Waals surface area contributed by atoms with Gasteiger partial charge in [-0.05, 0) is 68.4 Å². The quantitative estimate of drug-likeness (QED) is 0.218. The molecule has 4 rings (SSSR count). The van der Waals surface area contributed by atoms with Crippen molar-refractivity contribution in [2.75, 3.05) is 6.61 Å². The highest BCUT2D eigenvalue weighted by atomic mass is 35.5. The van der Waals surface area contributed by atoms with Gasteiger partial charge in [0.1, 0.15) is 23.3 Å². The van der Waals surface area contributed by atoms with Crippen molar-refractivity contribution in [2.24, 2.45) is 0 Å². The number of alkyl halides is 3. The van der Waals surface area contributed by atoms with E-state index in [-0.39, 0.29) is 23.0 Å².